The van der Waals surface area contributed by atoms with E-state index in [0.29, 0.717) is 18.2 Å². The van der Waals surface area contributed by atoms with Gasteiger partial charge in [-0.25, -0.2) is 4.79 Å². The minimum atomic E-state index is -0.326. The van der Waals surface area contributed by atoms with Crippen molar-refractivity contribution < 1.29 is 9.53 Å². The first-order valence-corrected chi connectivity index (χ1v) is 6.06. The Labute approximate surface area is 107 Å². The minimum Gasteiger partial charge on any atom is -0.456 e. The number of rotatable bonds is 4. The van der Waals surface area contributed by atoms with Gasteiger partial charge < -0.3 is 9.72 Å². The summed E-state index contributed by atoms with van der Waals surface area (Å²) in [6.45, 7) is 4.61. The zero-order valence-corrected chi connectivity index (χ0v) is 10.6. The lowest BCUT2D eigenvalue weighted by Gasteiger charge is -2.07. The molecule has 0 unspecified atom stereocenters. The van der Waals surface area contributed by atoms with Crippen LogP contribution in [0.15, 0.2) is 42.6 Å². The summed E-state index contributed by atoms with van der Waals surface area (Å²) in [6.07, 6.45) is 1.70. The molecule has 0 saturated carbocycles. The van der Waals surface area contributed by atoms with Crippen LogP contribution in [0.5, 0.6) is 0 Å². The normalized spacial score (nSPS) is 10.6. The molecule has 3 nitrogen and oxygen atoms in total. The first kappa shape index (κ1) is 12.4. The lowest BCUT2D eigenvalue weighted by atomic mass is 10.0. The van der Waals surface area contributed by atoms with Gasteiger partial charge in [0, 0.05) is 6.20 Å². The number of benzene rings is 1. The van der Waals surface area contributed by atoms with Crippen molar-refractivity contribution in [3.63, 3.8) is 0 Å². The second kappa shape index (κ2) is 5.54. The van der Waals surface area contributed by atoms with E-state index in [9.17, 15) is 4.79 Å². The minimum absolute atomic E-state index is 0.302. The van der Waals surface area contributed by atoms with E-state index in [0.717, 1.165) is 5.56 Å². The van der Waals surface area contributed by atoms with Crippen LogP contribution in [0.1, 0.15) is 41.4 Å². The number of H-pyrrole nitrogens is 1. The lowest BCUT2D eigenvalue weighted by molar-refractivity contribution is 0.0466. The molecule has 1 aromatic heterocycles. The molecule has 2 rings (SSSR count). The number of hydrogen-bond acceptors (Lipinski definition) is 2. The highest BCUT2D eigenvalue weighted by atomic mass is 16.5. The molecule has 1 aromatic carbocycles. The van der Waals surface area contributed by atoms with Gasteiger partial charge >= 0.3 is 5.97 Å². The van der Waals surface area contributed by atoms with Crippen LogP contribution in [-0.2, 0) is 11.3 Å². The summed E-state index contributed by atoms with van der Waals surface area (Å²) >= 11 is 0. The molecule has 0 saturated heterocycles. The third-order valence-corrected chi connectivity index (χ3v) is 2.83. The Morgan fingerprint density at radius 2 is 1.94 bits per heavy atom. The van der Waals surface area contributed by atoms with Crippen molar-refractivity contribution in [3.05, 3.63) is 59.4 Å². The summed E-state index contributed by atoms with van der Waals surface area (Å²) in [6, 6.07) is 11.6. The number of ether oxygens (including phenoxy) is 1. The quantitative estimate of drug-likeness (QED) is 0.835. The van der Waals surface area contributed by atoms with Gasteiger partial charge in [-0.05, 0) is 29.2 Å². The van der Waals surface area contributed by atoms with Gasteiger partial charge in [-0.3, -0.25) is 0 Å². The van der Waals surface area contributed by atoms with Gasteiger partial charge in [-0.1, -0.05) is 38.1 Å². The van der Waals surface area contributed by atoms with E-state index in [1.807, 2.05) is 12.1 Å². The second-order valence-electron chi connectivity index (χ2n) is 4.56. The van der Waals surface area contributed by atoms with E-state index in [2.05, 4.69) is 31.0 Å². The maximum absolute atomic E-state index is 11.6. The van der Waals surface area contributed by atoms with Crippen molar-refractivity contribution in [2.24, 2.45) is 0 Å². The van der Waals surface area contributed by atoms with E-state index in [4.69, 9.17) is 4.74 Å². The first-order valence-electron chi connectivity index (χ1n) is 6.06. The fraction of sp³-hybridized carbons (Fsp3) is 0.267. The van der Waals surface area contributed by atoms with Crippen LogP contribution in [0.2, 0.25) is 0 Å². The Morgan fingerprint density at radius 3 is 2.50 bits per heavy atom. The Balaban J connectivity index is 1.92. The van der Waals surface area contributed by atoms with Crippen LogP contribution in [-0.4, -0.2) is 11.0 Å². The highest BCUT2D eigenvalue weighted by molar-refractivity contribution is 5.87. The van der Waals surface area contributed by atoms with Gasteiger partial charge in [-0.15, -0.1) is 0 Å². The number of carbonyl (C=O) groups excluding carboxylic acids is 1. The summed E-state index contributed by atoms with van der Waals surface area (Å²) in [5.41, 5.74) is 2.77. The molecule has 0 atom stereocenters. The smallest absolute Gasteiger partial charge is 0.355 e. The third-order valence-electron chi connectivity index (χ3n) is 2.83. The van der Waals surface area contributed by atoms with Crippen molar-refractivity contribution in [1.29, 1.82) is 0 Å². The predicted molar refractivity (Wildman–Crippen MR) is 70.4 cm³/mol. The molecule has 1 N–H and O–H groups in total. The van der Waals surface area contributed by atoms with Crippen molar-refractivity contribution in [2.45, 2.75) is 26.4 Å². The molecule has 3 heteroatoms. The van der Waals surface area contributed by atoms with E-state index in [-0.39, 0.29) is 5.97 Å². The SMILES string of the molecule is CC(C)c1ccc(COC(=O)c2ccc[nH]2)cc1. The van der Waals surface area contributed by atoms with Gasteiger partial charge in [0.25, 0.3) is 0 Å². The number of aromatic amines is 1. The van der Waals surface area contributed by atoms with Crippen molar-refractivity contribution in [1.82, 2.24) is 4.98 Å². The topological polar surface area (TPSA) is 42.1 Å². The first-order chi connectivity index (χ1) is 8.66. The molecular weight excluding hydrogens is 226 g/mol. The summed E-state index contributed by atoms with van der Waals surface area (Å²) < 4.78 is 5.20. The molecule has 0 aliphatic rings. The van der Waals surface area contributed by atoms with Crippen molar-refractivity contribution >= 4 is 5.97 Å². The third kappa shape index (κ3) is 3.00. The molecular formula is C15H17NO2. The Kier molecular flexibility index (Phi) is 3.82. The van der Waals surface area contributed by atoms with Gasteiger partial charge in [0.15, 0.2) is 0 Å². The summed E-state index contributed by atoms with van der Waals surface area (Å²) in [4.78, 5) is 14.4. The maximum atomic E-state index is 11.6. The molecule has 2 aromatic rings. The molecule has 0 radical (unpaired) electrons. The number of nitrogens with one attached hydrogen (secondary N) is 1. The summed E-state index contributed by atoms with van der Waals surface area (Å²) in [5, 5.41) is 0. The standard InChI is InChI=1S/C15H17NO2/c1-11(2)13-7-5-12(6-8-13)10-18-15(17)14-4-3-9-16-14/h3-9,11,16H,10H2,1-2H3. The average Bonchev–Trinajstić information content (AvgIpc) is 2.90. The molecule has 0 aliphatic carbocycles. The largest absolute Gasteiger partial charge is 0.456 e. The molecule has 94 valence electrons. The van der Waals surface area contributed by atoms with Gasteiger partial charge in [0.1, 0.15) is 12.3 Å². The van der Waals surface area contributed by atoms with Crippen LogP contribution in [0.4, 0.5) is 0 Å². The second-order valence-corrected chi connectivity index (χ2v) is 4.56. The molecule has 0 fully saturated rings. The van der Waals surface area contributed by atoms with Crippen LogP contribution < -0.4 is 0 Å². The molecule has 0 amide bonds. The van der Waals surface area contributed by atoms with E-state index >= 15 is 0 Å². The number of hydrogen-bond donors (Lipinski definition) is 1. The summed E-state index contributed by atoms with van der Waals surface area (Å²) in [5.74, 6) is 0.188. The van der Waals surface area contributed by atoms with Gasteiger partial charge in [0.05, 0.1) is 0 Å². The van der Waals surface area contributed by atoms with Crippen LogP contribution in [0, 0.1) is 0 Å². The molecule has 0 bridgehead atoms. The fourth-order valence-electron chi connectivity index (χ4n) is 1.68. The fourth-order valence-corrected chi connectivity index (χ4v) is 1.68. The highest BCUT2D eigenvalue weighted by Crippen LogP contribution is 2.15. The van der Waals surface area contributed by atoms with E-state index in [1.165, 1.54) is 5.56 Å². The number of esters is 1. The predicted octanol–water partition coefficient (Wildman–Crippen LogP) is 3.50. The molecule has 0 aliphatic heterocycles. The summed E-state index contributed by atoms with van der Waals surface area (Å²) in [7, 11) is 0. The Hall–Kier alpha value is -2.03. The monoisotopic (exact) mass is 243 g/mol. The zero-order chi connectivity index (χ0) is 13.0. The molecule has 18 heavy (non-hydrogen) atoms. The van der Waals surface area contributed by atoms with Crippen LogP contribution in [0.25, 0.3) is 0 Å². The Bertz CT molecular complexity index is 498. The van der Waals surface area contributed by atoms with Crippen molar-refractivity contribution in [2.75, 3.05) is 0 Å². The molecule has 0 spiro atoms. The molecule has 1 heterocycles. The highest BCUT2D eigenvalue weighted by Gasteiger charge is 2.07. The van der Waals surface area contributed by atoms with Gasteiger partial charge in [-0.2, -0.15) is 0 Å². The number of aromatic nitrogens is 1. The average molecular weight is 243 g/mol. The van der Waals surface area contributed by atoms with E-state index in [1.54, 1.807) is 18.3 Å². The van der Waals surface area contributed by atoms with Crippen LogP contribution in [0.3, 0.4) is 0 Å². The maximum Gasteiger partial charge on any atom is 0.355 e. The van der Waals surface area contributed by atoms with E-state index < -0.39 is 0 Å². The van der Waals surface area contributed by atoms with Crippen LogP contribution >= 0.6 is 0 Å². The van der Waals surface area contributed by atoms with Gasteiger partial charge in [0.2, 0.25) is 0 Å². The number of carbonyl (C=O) groups is 1. The lowest BCUT2D eigenvalue weighted by Crippen LogP contribution is -2.05. The van der Waals surface area contributed by atoms with Crippen molar-refractivity contribution in [3.8, 4) is 0 Å². The zero-order valence-electron chi connectivity index (χ0n) is 10.6. The Morgan fingerprint density at radius 1 is 1.22 bits per heavy atom.